The van der Waals surface area contributed by atoms with Crippen molar-refractivity contribution in [1.29, 1.82) is 0 Å². The summed E-state index contributed by atoms with van der Waals surface area (Å²) < 4.78 is 6.06. The van der Waals surface area contributed by atoms with Crippen molar-refractivity contribution < 1.29 is 9.53 Å². The minimum atomic E-state index is -0.409. The molecule has 0 bridgehead atoms. The number of hydrogen-bond donors (Lipinski definition) is 2. The first kappa shape index (κ1) is 17.4. The van der Waals surface area contributed by atoms with Gasteiger partial charge in [-0.25, -0.2) is 0 Å². The average molecular weight is 284 g/mol. The van der Waals surface area contributed by atoms with Gasteiger partial charge in [0.1, 0.15) is 6.10 Å². The average Bonchev–Trinajstić information content (AvgIpc) is 2.46. The maximum atomic E-state index is 12.0. The molecule has 1 aliphatic carbocycles. The second-order valence-electron chi connectivity index (χ2n) is 6.33. The van der Waals surface area contributed by atoms with Gasteiger partial charge in [-0.3, -0.25) is 4.79 Å². The van der Waals surface area contributed by atoms with Gasteiger partial charge in [0.2, 0.25) is 5.91 Å². The van der Waals surface area contributed by atoms with E-state index < -0.39 is 6.10 Å². The lowest BCUT2D eigenvalue weighted by atomic mass is 9.79. The molecule has 0 radical (unpaired) electrons. The quantitative estimate of drug-likeness (QED) is 0.673. The molecule has 0 aromatic carbocycles. The van der Waals surface area contributed by atoms with Crippen LogP contribution in [0.5, 0.6) is 0 Å². The van der Waals surface area contributed by atoms with Crippen molar-refractivity contribution >= 4 is 5.91 Å². The van der Waals surface area contributed by atoms with Gasteiger partial charge in [-0.1, -0.05) is 26.7 Å². The van der Waals surface area contributed by atoms with Crippen LogP contribution < -0.4 is 11.1 Å². The first-order chi connectivity index (χ1) is 9.53. The van der Waals surface area contributed by atoms with Crippen molar-refractivity contribution in [3.05, 3.63) is 0 Å². The molecule has 20 heavy (non-hydrogen) atoms. The molecule has 1 rings (SSSR count). The number of carbonyl (C=O) groups excluding carboxylic acids is 1. The van der Waals surface area contributed by atoms with Crippen molar-refractivity contribution in [3.63, 3.8) is 0 Å². The standard InChI is InChI=1S/C16H32N2O2/c1-4-5-6-11-18-15(19)14(3)20-16(12-17)9-7-13(2)8-10-16/h13-14H,4-12,17H2,1-3H3,(H,18,19). The number of nitrogens with two attached hydrogens (primary N) is 1. The molecule has 3 N–H and O–H groups in total. The predicted molar refractivity (Wildman–Crippen MR) is 82.5 cm³/mol. The van der Waals surface area contributed by atoms with Gasteiger partial charge in [0.05, 0.1) is 5.60 Å². The van der Waals surface area contributed by atoms with Crippen LogP contribution in [0, 0.1) is 5.92 Å². The van der Waals surface area contributed by atoms with Crippen molar-refractivity contribution in [2.24, 2.45) is 11.7 Å². The predicted octanol–water partition coefficient (Wildman–Crippen LogP) is 2.61. The Kier molecular flexibility index (Phi) is 7.52. The molecule has 0 aliphatic heterocycles. The highest BCUT2D eigenvalue weighted by atomic mass is 16.5. The summed E-state index contributed by atoms with van der Waals surface area (Å²) in [6.07, 6.45) is 7.17. The van der Waals surface area contributed by atoms with Crippen LogP contribution in [0.2, 0.25) is 0 Å². The molecule has 0 saturated heterocycles. The number of carbonyl (C=O) groups is 1. The zero-order valence-electron chi connectivity index (χ0n) is 13.4. The minimum absolute atomic E-state index is 0.00690. The van der Waals surface area contributed by atoms with Gasteiger partial charge in [0.25, 0.3) is 0 Å². The number of rotatable bonds is 8. The summed E-state index contributed by atoms with van der Waals surface area (Å²) in [5, 5.41) is 2.95. The zero-order chi connectivity index (χ0) is 15.0. The van der Waals surface area contributed by atoms with E-state index in [9.17, 15) is 4.79 Å². The van der Waals surface area contributed by atoms with Crippen LogP contribution in [0.3, 0.4) is 0 Å². The molecule has 0 aromatic rings. The first-order valence-electron chi connectivity index (χ1n) is 8.18. The summed E-state index contributed by atoms with van der Waals surface area (Å²) in [4.78, 5) is 12.0. The van der Waals surface area contributed by atoms with Crippen LogP contribution in [0.25, 0.3) is 0 Å². The van der Waals surface area contributed by atoms with Crippen LogP contribution >= 0.6 is 0 Å². The fourth-order valence-corrected chi connectivity index (χ4v) is 2.82. The third-order valence-corrected chi connectivity index (χ3v) is 4.43. The number of hydrogen-bond acceptors (Lipinski definition) is 3. The summed E-state index contributed by atoms with van der Waals surface area (Å²) in [5.74, 6) is 0.740. The lowest BCUT2D eigenvalue weighted by Gasteiger charge is -2.40. The van der Waals surface area contributed by atoms with Gasteiger partial charge >= 0.3 is 0 Å². The van der Waals surface area contributed by atoms with Gasteiger partial charge < -0.3 is 15.8 Å². The summed E-state index contributed by atoms with van der Waals surface area (Å²) in [7, 11) is 0. The van der Waals surface area contributed by atoms with E-state index >= 15 is 0 Å². The first-order valence-corrected chi connectivity index (χ1v) is 8.18. The lowest BCUT2D eigenvalue weighted by molar-refractivity contribution is -0.150. The molecule has 0 heterocycles. The maximum absolute atomic E-state index is 12.0. The van der Waals surface area contributed by atoms with Gasteiger partial charge in [-0.2, -0.15) is 0 Å². The summed E-state index contributed by atoms with van der Waals surface area (Å²) in [6, 6.07) is 0. The molecule has 1 unspecified atom stereocenters. The second kappa shape index (κ2) is 8.63. The Morgan fingerprint density at radius 2 is 2.05 bits per heavy atom. The Bertz CT molecular complexity index is 286. The van der Waals surface area contributed by atoms with Crippen LogP contribution in [-0.4, -0.2) is 30.7 Å². The van der Waals surface area contributed by atoms with Crippen molar-refractivity contribution in [3.8, 4) is 0 Å². The summed E-state index contributed by atoms with van der Waals surface area (Å²) >= 11 is 0. The Labute approximate surface area is 123 Å². The molecule has 1 atom stereocenters. The largest absolute Gasteiger partial charge is 0.361 e. The van der Waals surface area contributed by atoms with Crippen molar-refractivity contribution in [2.45, 2.75) is 77.4 Å². The number of ether oxygens (including phenoxy) is 1. The lowest BCUT2D eigenvalue weighted by Crippen LogP contribution is -2.49. The highest BCUT2D eigenvalue weighted by molar-refractivity contribution is 5.80. The number of amides is 1. The van der Waals surface area contributed by atoms with Crippen molar-refractivity contribution in [1.82, 2.24) is 5.32 Å². The van der Waals surface area contributed by atoms with Gasteiger partial charge in [-0.15, -0.1) is 0 Å². The van der Waals surface area contributed by atoms with Gasteiger partial charge in [0, 0.05) is 13.1 Å². The van der Waals surface area contributed by atoms with E-state index in [1.807, 2.05) is 6.92 Å². The Balaban J connectivity index is 2.38. The maximum Gasteiger partial charge on any atom is 0.248 e. The Hall–Kier alpha value is -0.610. The molecule has 1 saturated carbocycles. The molecule has 1 amide bonds. The topological polar surface area (TPSA) is 64.3 Å². The van der Waals surface area contributed by atoms with Crippen LogP contribution in [0.4, 0.5) is 0 Å². The molecule has 118 valence electrons. The van der Waals surface area contributed by atoms with E-state index in [1.54, 1.807) is 0 Å². The number of unbranched alkanes of at least 4 members (excludes halogenated alkanes) is 2. The zero-order valence-corrected chi connectivity index (χ0v) is 13.4. The minimum Gasteiger partial charge on any atom is -0.361 e. The van der Waals surface area contributed by atoms with Gasteiger partial charge in [0.15, 0.2) is 0 Å². The van der Waals surface area contributed by atoms with E-state index in [0.717, 1.165) is 57.4 Å². The molecule has 4 nitrogen and oxygen atoms in total. The van der Waals surface area contributed by atoms with Gasteiger partial charge in [-0.05, 0) is 44.9 Å². The molecule has 1 fully saturated rings. The highest BCUT2D eigenvalue weighted by Crippen LogP contribution is 2.34. The Morgan fingerprint density at radius 1 is 1.40 bits per heavy atom. The molecule has 0 spiro atoms. The smallest absolute Gasteiger partial charge is 0.248 e. The summed E-state index contributed by atoms with van der Waals surface area (Å²) in [5.41, 5.74) is 5.63. The molecule has 4 heteroatoms. The fraction of sp³-hybridized carbons (Fsp3) is 0.938. The van der Waals surface area contributed by atoms with Crippen molar-refractivity contribution in [2.75, 3.05) is 13.1 Å². The van der Waals surface area contributed by atoms with E-state index in [1.165, 1.54) is 0 Å². The Morgan fingerprint density at radius 3 is 2.60 bits per heavy atom. The molecule has 0 aromatic heterocycles. The monoisotopic (exact) mass is 284 g/mol. The van der Waals surface area contributed by atoms with E-state index in [-0.39, 0.29) is 11.5 Å². The second-order valence-corrected chi connectivity index (χ2v) is 6.33. The number of nitrogens with one attached hydrogen (secondary N) is 1. The molecular formula is C16H32N2O2. The van der Waals surface area contributed by atoms with E-state index in [2.05, 4.69) is 19.2 Å². The third-order valence-electron chi connectivity index (χ3n) is 4.43. The fourth-order valence-electron chi connectivity index (χ4n) is 2.82. The highest BCUT2D eigenvalue weighted by Gasteiger charge is 2.36. The van der Waals surface area contributed by atoms with Crippen LogP contribution in [0.1, 0.15) is 65.7 Å². The van der Waals surface area contributed by atoms with E-state index in [4.69, 9.17) is 10.5 Å². The van der Waals surface area contributed by atoms with Crippen LogP contribution in [-0.2, 0) is 9.53 Å². The molecular weight excluding hydrogens is 252 g/mol. The third kappa shape index (κ3) is 5.41. The van der Waals surface area contributed by atoms with Crippen LogP contribution in [0.15, 0.2) is 0 Å². The normalized spacial score (nSPS) is 28.1. The van der Waals surface area contributed by atoms with E-state index in [0.29, 0.717) is 6.54 Å². The SMILES string of the molecule is CCCCCNC(=O)C(C)OC1(CN)CCC(C)CC1. The summed E-state index contributed by atoms with van der Waals surface area (Å²) in [6.45, 7) is 7.51. The molecule has 1 aliphatic rings.